The molecule has 0 aliphatic rings. The molecule has 0 aliphatic heterocycles. The van der Waals surface area contributed by atoms with Crippen molar-refractivity contribution in [1.29, 1.82) is 0 Å². The van der Waals surface area contributed by atoms with Gasteiger partial charge < -0.3 is 9.84 Å². The van der Waals surface area contributed by atoms with Gasteiger partial charge in [0.1, 0.15) is 0 Å². The molecule has 6 heteroatoms. The number of nitro benzene ring substituents is 1. The molecule has 0 fully saturated rings. The van der Waals surface area contributed by atoms with Crippen LogP contribution in [0.25, 0.3) is 6.08 Å². The lowest BCUT2D eigenvalue weighted by molar-refractivity contribution is -0.385. The number of benzene rings is 1. The average molecular weight is 223 g/mol. The Labute approximate surface area is 90.9 Å². The molecule has 6 nitrogen and oxygen atoms in total. The number of aromatic hydroxyl groups is 1. The fraction of sp³-hybridized carbons (Fsp3) is 0.100. The highest BCUT2D eigenvalue weighted by atomic mass is 16.6. The molecule has 16 heavy (non-hydrogen) atoms. The molecule has 0 bridgehead atoms. The molecule has 0 saturated heterocycles. The minimum absolute atomic E-state index is 0.410. The number of phenolic OH excluding ortho intramolecular Hbond substituents is 1. The number of rotatable bonds is 3. The number of hydrogen-bond acceptors (Lipinski definition) is 5. The van der Waals surface area contributed by atoms with E-state index in [1.165, 1.54) is 25.3 Å². The number of phenols is 1. The number of ether oxygens (including phenoxy) is 1. The van der Waals surface area contributed by atoms with Gasteiger partial charge in [-0.3, -0.25) is 10.1 Å². The van der Waals surface area contributed by atoms with Crippen molar-refractivity contribution < 1.29 is 19.6 Å². The molecule has 0 heterocycles. The smallest absolute Gasteiger partial charge is 0.330 e. The molecule has 0 saturated carbocycles. The first-order valence-electron chi connectivity index (χ1n) is 4.28. The zero-order valence-electron chi connectivity index (χ0n) is 8.41. The zero-order chi connectivity index (χ0) is 12.1. The lowest BCUT2D eigenvalue weighted by atomic mass is 10.2. The van der Waals surface area contributed by atoms with Gasteiger partial charge in [0.2, 0.25) is 0 Å². The predicted molar refractivity (Wildman–Crippen MR) is 55.8 cm³/mol. The van der Waals surface area contributed by atoms with Gasteiger partial charge in [-0.2, -0.15) is 0 Å². The highest BCUT2D eigenvalue weighted by molar-refractivity contribution is 5.87. The molecule has 0 radical (unpaired) electrons. The number of carbonyl (C=O) groups is 1. The standard InChI is InChI=1S/C10H9NO5/c1-16-10(13)5-3-7-2-4-9(12)8(6-7)11(14)15/h2-6,12H,1H3. The second-order valence-corrected chi connectivity index (χ2v) is 2.86. The van der Waals surface area contributed by atoms with E-state index < -0.39 is 22.3 Å². The first-order valence-corrected chi connectivity index (χ1v) is 4.28. The third kappa shape index (κ3) is 2.81. The number of esters is 1. The van der Waals surface area contributed by atoms with Gasteiger partial charge in [-0.25, -0.2) is 4.79 Å². The van der Waals surface area contributed by atoms with Crippen molar-refractivity contribution in [2.24, 2.45) is 0 Å². The number of methoxy groups -OCH3 is 1. The van der Waals surface area contributed by atoms with Crippen LogP contribution in [0.3, 0.4) is 0 Å². The van der Waals surface area contributed by atoms with Crippen LogP contribution in [0.4, 0.5) is 5.69 Å². The summed E-state index contributed by atoms with van der Waals surface area (Å²) in [6.07, 6.45) is 2.49. The molecule has 0 aromatic heterocycles. The van der Waals surface area contributed by atoms with Crippen LogP contribution in [0.5, 0.6) is 5.75 Å². The van der Waals surface area contributed by atoms with Crippen LogP contribution in [0, 0.1) is 10.1 Å². The van der Waals surface area contributed by atoms with E-state index in [1.807, 2.05) is 0 Å². The number of nitro groups is 1. The Bertz CT molecular complexity index is 453. The van der Waals surface area contributed by atoms with Gasteiger partial charge in [-0.05, 0) is 17.7 Å². The summed E-state index contributed by atoms with van der Waals surface area (Å²) in [7, 11) is 1.23. The first kappa shape index (κ1) is 11.7. The van der Waals surface area contributed by atoms with E-state index in [0.29, 0.717) is 5.56 Å². The van der Waals surface area contributed by atoms with Crippen LogP contribution in [-0.4, -0.2) is 23.1 Å². The number of nitrogens with zero attached hydrogens (tertiary/aromatic N) is 1. The Morgan fingerprint density at radius 2 is 2.25 bits per heavy atom. The highest BCUT2D eigenvalue weighted by Gasteiger charge is 2.12. The summed E-state index contributed by atoms with van der Waals surface area (Å²) in [6, 6.07) is 3.80. The molecule has 0 atom stereocenters. The van der Waals surface area contributed by atoms with E-state index in [-0.39, 0.29) is 0 Å². The van der Waals surface area contributed by atoms with Gasteiger partial charge in [-0.1, -0.05) is 6.07 Å². The van der Waals surface area contributed by atoms with E-state index >= 15 is 0 Å². The Balaban J connectivity index is 2.99. The van der Waals surface area contributed by atoms with E-state index in [9.17, 15) is 20.0 Å². The largest absolute Gasteiger partial charge is 0.502 e. The van der Waals surface area contributed by atoms with Gasteiger partial charge in [0.05, 0.1) is 12.0 Å². The molecule has 1 N–H and O–H groups in total. The van der Waals surface area contributed by atoms with E-state index in [4.69, 9.17) is 0 Å². The lowest BCUT2D eigenvalue weighted by Gasteiger charge is -1.97. The molecule has 0 spiro atoms. The van der Waals surface area contributed by atoms with E-state index in [2.05, 4.69) is 4.74 Å². The number of carbonyl (C=O) groups excluding carboxylic acids is 1. The Hall–Kier alpha value is -2.37. The summed E-state index contributed by atoms with van der Waals surface area (Å²) in [5.41, 5.74) is 0.0157. The topological polar surface area (TPSA) is 89.7 Å². The van der Waals surface area contributed by atoms with Gasteiger partial charge in [0, 0.05) is 12.1 Å². The van der Waals surface area contributed by atoms with Crippen molar-refractivity contribution in [3.05, 3.63) is 40.0 Å². The molecular formula is C10H9NO5. The monoisotopic (exact) mass is 223 g/mol. The highest BCUT2D eigenvalue weighted by Crippen LogP contribution is 2.26. The quantitative estimate of drug-likeness (QED) is 0.363. The van der Waals surface area contributed by atoms with Crippen molar-refractivity contribution in [3.8, 4) is 5.75 Å². The van der Waals surface area contributed by atoms with Crippen LogP contribution >= 0.6 is 0 Å². The molecule has 0 unspecified atom stereocenters. The molecular weight excluding hydrogens is 214 g/mol. The molecule has 1 aromatic rings. The van der Waals surface area contributed by atoms with Crippen molar-refractivity contribution >= 4 is 17.7 Å². The average Bonchev–Trinajstić information content (AvgIpc) is 2.27. The summed E-state index contributed by atoms with van der Waals surface area (Å²) in [5.74, 6) is -0.976. The Morgan fingerprint density at radius 3 is 2.81 bits per heavy atom. The maximum absolute atomic E-state index is 10.8. The van der Waals surface area contributed by atoms with Crippen LogP contribution in [-0.2, 0) is 9.53 Å². The molecule has 84 valence electrons. The van der Waals surface area contributed by atoms with Crippen molar-refractivity contribution in [2.75, 3.05) is 7.11 Å². The Kier molecular flexibility index (Phi) is 3.60. The van der Waals surface area contributed by atoms with Crippen LogP contribution in [0.2, 0.25) is 0 Å². The summed E-state index contributed by atoms with van der Waals surface area (Å²) in [4.78, 5) is 20.6. The molecule has 1 rings (SSSR count). The van der Waals surface area contributed by atoms with Crippen molar-refractivity contribution in [1.82, 2.24) is 0 Å². The SMILES string of the molecule is COC(=O)C=Cc1ccc(O)c([N+](=O)[O-])c1. The summed E-state index contributed by atoms with van der Waals surface area (Å²) < 4.78 is 4.36. The fourth-order valence-electron chi connectivity index (χ4n) is 1.02. The van der Waals surface area contributed by atoms with Gasteiger partial charge in [0.25, 0.3) is 0 Å². The van der Waals surface area contributed by atoms with Crippen molar-refractivity contribution in [2.45, 2.75) is 0 Å². The van der Waals surface area contributed by atoms with E-state index in [1.54, 1.807) is 0 Å². The third-order valence-corrected chi connectivity index (χ3v) is 1.81. The van der Waals surface area contributed by atoms with Crippen LogP contribution < -0.4 is 0 Å². The molecule has 0 aliphatic carbocycles. The predicted octanol–water partition coefficient (Wildman–Crippen LogP) is 1.49. The number of hydrogen-bond donors (Lipinski definition) is 1. The maximum Gasteiger partial charge on any atom is 0.330 e. The van der Waals surface area contributed by atoms with Crippen LogP contribution in [0.15, 0.2) is 24.3 Å². The summed E-state index contributed by atoms with van der Waals surface area (Å²) >= 11 is 0. The third-order valence-electron chi connectivity index (χ3n) is 1.81. The second kappa shape index (κ2) is 4.92. The zero-order valence-corrected chi connectivity index (χ0v) is 8.41. The first-order chi connectivity index (χ1) is 7.54. The van der Waals surface area contributed by atoms with E-state index in [0.717, 1.165) is 12.1 Å². The fourth-order valence-corrected chi connectivity index (χ4v) is 1.02. The minimum Gasteiger partial charge on any atom is -0.502 e. The normalized spacial score (nSPS) is 10.3. The van der Waals surface area contributed by atoms with Gasteiger partial charge in [0.15, 0.2) is 5.75 Å². The molecule has 0 amide bonds. The minimum atomic E-state index is -0.704. The maximum atomic E-state index is 10.8. The summed E-state index contributed by atoms with van der Waals surface area (Å²) in [6.45, 7) is 0. The van der Waals surface area contributed by atoms with Crippen LogP contribution in [0.1, 0.15) is 5.56 Å². The second-order valence-electron chi connectivity index (χ2n) is 2.86. The lowest BCUT2D eigenvalue weighted by Crippen LogP contribution is -1.93. The Morgan fingerprint density at radius 1 is 1.56 bits per heavy atom. The van der Waals surface area contributed by atoms with Gasteiger partial charge in [-0.15, -0.1) is 0 Å². The summed E-state index contributed by atoms with van der Waals surface area (Å²) in [5, 5.41) is 19.7. The van der Waals surface area contributed by atoms with Crippen molar-refractivity contribution in [3.63, 3.8) is 0 Å². The molecule has 1 aromatic carbocycles. The van der Waals surface area contributed by atoms with Gasteiger partial charge >= 0.3 is 11.7 Å².